The number of carbonyl (C=O) groups is 1. The first kappa shape index (κ1) is 28.3. The van der Waals surface area contributed by atoms with Gasteiger partial charge in [0.15, 0.2) is 0 Å². The molecule has 0 aromatic heterocycles. The lowest BCUT2D eigenvalue weighted by Crippen LogP contribution is -2.47. The van der Waals surface area contributed by atoms with E-state index in [0.29, 0.717) is 30.4 Å². The van der Waals surface area contributed by atoms with Crippen LogP contribution >= 0.6 is 0 Å². The van der Waals surface area contributed by atoms with Crippen LogP contribution in [0.5, 0.6) is 0 Å². The smallest absolute Gasteiger partial charge is 0.220 e. The van der Waals surface area contributed by atoms with E-state index in [0.717, 1.165) is 12.8 Å². The van der Waals surface area contributed by atoms with Crippen molar-refractivity contribution in [1.29, 1.82) is 0 Å². The molecule has 0 aliphatic carbocycles. The molecule has 29 heavy (non-hydrogen) atoms. The Morgan fingerprint density at radius 2 is 1.48 bits per heavy atom. The first-order valence-corrected chi connectivity index (χ1v) is 12.8. The van der Waals surface area contributed by atoms with Crippen LogP contribution in [-0.4, -0.2) is 74.1 Å². The van der Waals surface area contributed by atoms with Crippen LogP contribution in [0.15, 0.2) is 0 Å². The molecule has 8 heteroatoms. The Morgan fingerprint density at radius 3 is 2.00 bits per heavy atom. The van der Waals surface area contributed by atoms with Gasteiger partial charge in [-0.15, -0.1) is 0 Å². The number of aliphatic hydroxyl groups excluding tert-OH is 1. The van der Waals surface area contributed by atoms with Gasteiger partial charge in [0, 0.05) is 19.4 Å². The number of nitrogens with one attached hydrogen (secondary N) is 1. The predicted octanol–water partition coefficient (Wildman–Crippen LogP) is 2.79. The number of amides is 1. The minimum Gasteiger partial charge on any atom is -0.748 e. The maximum Gasteiger partial charge on any atom is 0.220 e. The standard InChI is InChI=1S/C21H44N2O5S/c1-4-5-6-7-8-9-10-11-12-13-16-22-21(25)15-14-17-23(2,3)18-20(24)19-29(26,27)28/h20,24H,4-19H2,1-3H3,(H-,22,25,26,27,28). The van der Waals surface area contributed by atoms with Crippen molar-refractivity contribution in [1.82, 2.24) is 5.32 Å². The summed E-state index contributed by atoms with van der Waals surface area (Å²) in [5, 5.41) is 12.7. The molecule has 0 aliphatic heterocycles. The van der Waals surface area contributed by atoms with E-state index in [1.165, 1.54) is 51.4 Å². The lowest BCUT2D eigenvalue weighted by Gasteiger charge is -2.32. The van der Waals surface area contributed by atoms with E-state index in [4.69, 9.17) is 0 Å². The number of carbonyl (C=O) groups excluding carboxylic acids is 1. The second-order valence-corrected chi connectivity index (χ2v) is 10.3. The van der Waals surface area contributed by atoms with Gasteiger partial charge in [-0.1, -0.05) is 64.7 Å². The lowest BCUT2D eigenvalue weighted by atomic mass is 10.1. The van der Waals surface area contributed by atoms with Crippen molar-refractivity contribution in [2.45, 2.75) is 90.1 Å². The molecule has 0 bridgehead atoms. The van der Waals surface area contributed by atoms with E-state index in [2.05, 4.69) is 12.2 Å². The fraction of sp³-hybridized carbons (Fsp3) is 0.952. The van der Waals surface area contributed by atoms with E-state index in [9.17, 15) is 22.9 Å². The number of hydrogen-bond acceptors (Lipinski definition) is 5. The van der Waals surface area contributed by atoms with Crippen molar-refractivity contribution < 1.29 is 27.4 Å². The molecule has 0 radical (unpaired) electrons. The molecule has 0 saturated carbocycles. The molecule has 7 nitrogen and oxygen atoms in total. The lowest BCUT2D eigenvalue weighted by molar-refractivity contribution is -0.893. The first-order valence-electron chi connectivity index (χ1n) is 11.3. The summed E-state index contributed by atoms with van der Waals surface area (Å²) in [4.78, 5) is 11.9. The van der Waals surface area contributed by atoms with Crippen LogP contribution in [0, 0.1) is 0 Å². The summed E-state index contributed by atoms with van der Waals surface area (Å²) >= 11 is 0. The highest BCUT2D eigenvalue weighted by Gasteiger charge is 2.22. The highest BCUT2D eigenvalue weighted by atomic mass is 32.2. The quantitative estimate of drug-likeness (QED) is 0.184. The normalized spacial score (nSPS) is 13.4. The summed E-state index contributed by atoms with van der Waals surface area (Å²) in [5.41, 5.74) is 0. The highest BCUT2D eigenvalue weighted by Crippen LogP contribution is 2.10. The Bertz CT molecular complexity index is 523. The Balaban J connectivity index is 3.64. The van der Waals surface area contributed by atoms with Gasteiger partial charge in [-0.05, 0) is 6.42 Å². The monoisotopic (exact) mass is 436 g/mol. The predicted molar refractivity (Wildman–Crippen MR) is 117 cm³/mol. The molecule has 1 amide bonds. The summed E-state index contributed by atoms with van der Waals surface area (Å²) in [6.07, 6.45) is 12.6. The molecule has 0 spiro atoms. The van der Waals surface area contributed by atoms with Crippen molar-refractivity contribution >= 4 is 16.0 Å². The van der Waals surface area contributed by atoms with Crippen molar-refractivity contribution in [3.63, 3.8) is 0 Å². The zero-order valence-corrected chi connectivity index (χ0v) is 19.6. The van der Waals surface area contributed by atoms with Gasteiger partial charge >= 0.3 is 0 Å². The Kier molecular flexibility index (Phi) is 15.7. The summed E-state index contributed by atoms with van der Waals surface area (Å²) in [6, 6.07) is 0. The number of rotatable bonds is 19. The fourth-order valence-electron chi connectivity index (χ4n) is 3.55. The number of hydrogen-bond donors (Lipinski definition) is 2. The summed E-state index contributed by atoms with van der Waals surface area (Å²) in [5.74, 6) is -0.739. The topological polar surface area (TPSA) is 107 Å². The van der Waals surface area contributed by atoms with Gasteiger partial charge < -0.3 is 19.5 Å². The largest absolute Gasteiger partial charge is 0.748 e. The molecule has 1 atom stereocenters. The van der Waals surface area contributed by atoms with Gasteiger partial charge in [0.2, 0.25) is 5.91 Å². The SMILES string of the molecule is CCCCCCCCCCCCNC(=O)CCC[N+](C)(C)CC(O)CS(=O)(=O)[O-]. The third-order valence-corrected chi connectivity index (χ3v) is 5.91. The van der Waals surface area contributed by atoms with Gasteiger partial charge in [-0.2, -0.15) is 0 Å². The van der Waals surface area contributed by atoms with Crippen molar-refractivity contribution in [3.8, 4) is 0 Å². The third kappa shape index (κ3) is 20.4. The maximum absolute atomic E-state index is 11.9. The number of quaternary nitrogens is 1. The third-order valence-electron chi connectivity index (χ3n) is 5.12. The number of likely N-dealkylation sites (N-methyl/N-ethyl adjacent to an activating group) is 1. The number of aliphatic hydroxyl groups is 1. The summed E-state index contributed by atoms with van der Waals surface area (Å²) in [7, 11) is -0.730. The minimum atomic E-state index is -4.43. The highest BCUT2D eigenvalue weighted by molar-refractivity contribution is 7.85. The van der Waals surface area contributed by atoms with Gasteiger partial charge in [-0.25, -0.2) is 8.42 Å². The Hall–Kier alpha value is -0.700. The minimum absolute atomic E-state index is 0.0311. The van der Waals surface area contributed by atoms with Crippen molar-refractivity contribution in [2.24, 2.45) is 0 Å². The molecule has 0 heterocycles. The number of unbranched alkanes of at least 4 members (excludes halogenated alkanes) is 9. The fourth-order valence-corrected chi connectivity index (χ4v) is 4.12. The van der Waals surface area contributed by atoms with E-state index in [-0.39, 0.29) is 12.5 Å². The molecule has 0 rings (SSSR count). The maximum atomic E-state index is 11.9. The molecule has 0 aliphatic rings. The van der Waals surface area contributed by atoms with Gasteiger partial charge in [0.1, 0.15) is 12.6 Å². The van der Waals surface area contributed by atoms with Crippen LogP contribution in [0.25, 0.3) is 0 Å². The van der Waals surface area contributed by atoms with Crippen molar-refractivity contribution in [2.75, 3.05) is 39.5 Å². The van der Waals surface area contributed by atoms with Crippen LogP contribution in [0.3, 0.4) is 0 Å². The van der Waals surface area contributed by atoms with Crippen LogP contribution in [0.2, 0.25) is 0 Å². The molecular formula is C21H44N2O5S. The molecule has 0 fully saturated rings. The van der Waals surface area contributed by atoms with Crippen LogP contribution in [0.4, 0.5) is 0 Å². The van der Waals surface area contributed by atoms with Crippen LogP contribution in [0.1, 0.15) is 84.0 Å². The molecule has 0 aromatic rings. The molecule has 0 saturated heterocycles. The van der Waals surface area contributed by atoms with Crippen LogP contribution in [-0.2, 0) is 14.9 Å². The Morgan fingerprint density at radius 1 is 0.966 bits per heavy atom. The number of nitrogens with zero attached hydrogens (tertiary/aromatic N) is 1. The van der Waals surface area contributed by atoms with E-state index in [1.54, 1.807) is 0 Å². The van der Waals surface area contributed by atoms with Gasteiger partial charge in [0.05, 0.1) is 36.5 Å². The molecule has 2 N–H and O–H groups in total. The summed E-state index contributed by atoms with van der Waals surface area (Å²) in [6.45, 7) is 3.75. The Labute approximate surface area is 178 Å². The van der Waals surface area contributed by atoms with Crippen molar-refractivity contribution in [3.05, 3.63) is 0 Å². The van der Waals surface area contributed by atoms with Gasteiger partial charge in [-0.3, -0.25) is 4.79 Å². The van der Waals surface area contributed by atoms with E-state index < -0.39 is 22.0 Å². The van der Waals surface area contributed by atoms with E-state index in [1.807, 2.05) is 14.1 Å². The average Bonchev–Trinajstić information content (AvgIpc) is 2.57. The zero-order chi connectivity index (χ0) is 22.2. The molecule has 174 valence electrons. The van der Waals surface area contributed by atoms with E-state index >= 15 is 0 Å². The first-order chi connectivity index (χ1) is 13.6. The molecule has 0 aromatic carbocycles. The summed E-state index contributed by atoms with van der Waals surface area (Å²) < 4.78 is 32.5. The zero-order valence-electron chi connectivity index (χ0n) is 18.8. The molecule has 1 unspecified atom stereocenters. The second-order valence-electron chi connectivity index (χ2n) is 8.86. The molecular weight excluding hydrogens is 392 g/mol. The van der Waals surface area contributed by atoms with Gasteiger partial charge in [0.25, 0.3) is 0 Å². The average molecular weight is 437 g/mol. The van der Waals surface area contributed by atoms with Crippen LogP contribution < -0.4 is 5.32 Å². The second kappa shape index (κ2) is 16.1.